The van der Waals surface area contributed by atoms with Crippen LogP contribution < -0.4 is 0 Å². The summed E-state index contributed by atoms with van der Waals surface area (Å²) in [5.74, 6) is 0. The molecular weight excluding hydrogens is 110 g/mol. The first-order valence-electron chi connectivity index (χ1n) is 3.80. The zero-order valence-electron chi connectivity index (χ0n) is 6.14. The van der Waals surface area contributed by atoms with Crippen LogP contribution in [0.2, 0.25) is 0 Å². The molecule has 0 unspecified atom stereocenters. The highest BCUT2D eigenvalue weighted by Crippen LogP contribution is 2.07. The quantitative estimate of drug-likeness (QED) is 0.518. The van der Waals surface area contributed by atoms with Crippen LogP contribution in [0.15, 0.2) is 12.3 Å². The van der Waals surface area contributed by atoms with E-state index in [1.807, 2.05) is 0 Å². The molecular formula is C8H15N. The van der Waals surface area contributed by atoms with E-state index in [-0.39, 0.29) is 0 Å². The van der Waals surface area contributed by atoms with Gasteiger partial charge in [-0.25, -0.2) is 0 Å². The van der Waals surface area contributed by atoms with Crippen LogP contribution in [-0.2, 0) is 0 Å². The molecule has 52 valence electrons. The van der Waals surface area contributed by atoms with Gasteiger partial charge in [0.05, 0.1) is 0 Å². The molecule has 0 radical (unpaired) electrons. The van der Waals surface area contributed by atoms with Crippen LogP contribution in [0.3, 0.4) is 0 Å². The Kier molecular flexibility index (Phi) is 2.62. The number of likely N-dealkylation sites (tertiary alicyclic amines) is 1. The van der Waals surface area contributed by atoms with E-state index in [2.05, 4.69) is 24.1 Å². The molecule has 0 aromatic carbocycles. The van der Waals surface area contributed by atoms with Crippen molar-refractivity contribution in [2.75, 3.05) is 13.1 Å². The van der Waals surface area contributed by atoms with E-state index >= 15 is 0 Å². The van der Waals surface area contributed by atoms with Gasteiger partial charge in [0.15, 0.2) is 0 Å². The molecule has 1 heteroatoms. The molecule has 0 amide bonds. The Balaban J connectivity index is 2.23. The molecule has 0 aromatic rings. The minimum atomic E-state index is 1.27. The van der Waals surface area contributed by atoms with Crippen LogP contribution in [0.1, 0.15) is 26.2 Å². The number of rotatable bonds is 1. The summed E-state index contributed by atoms with van der Waals surface area (Å²) in [6, 6.07) is 0. The van der Waals surface area contributed by atoms with Crippen LogP contribution in [0, 0.1) is 0 Å². The van der Waals surface area contributed by atoms with Gasteiger partial charge >= 0.3 is 0 Å². The Morgan fingerprint density at radius 1 is 1.11 bits per heavy atom. The van der Waals surface area contributed by atoms with Crippen LogP contribution in [0.4, 0.5) is 0 Å². The van der Waals surface area contributed by atoms with E-state index in [0.717, 1.165) is 0 Å². The second-order valence-electron chi connectivity index (χ2n) is 2.58. The lowest BCUT2D eigenvalue weighted by atomic mass is 10.1. The molecule has 1 fully saturated rings. The largest absolute Gasteiger partial charge is 0.378 e. The lowest BCUT2D eigenvalue weighted by Crippen LogP contribution is -2.23. The van der Waals surface area contributed by atoms with E-state index < -0.39 is 0 Å². The van der Waals surface area contributed by atoms with E-state index in [1.165, 1.54) is 32.4 Å². The fourth-order valence-electron chi connectivity index (χ4n) is 1.28. The highest BCUT2D eigenvalue weighted by molar-refractivity contribution is 4.80. The maximum Gasteiger partial charge on any atom is 0.0172 e. The molecule has 0 aromatic heterocycles. The molecule has 0 N–H and O–H groups in total. The minimum Gasteiger partial charge on any atom is -0.378 e. The number of piperidine rings is 1. The van der Waals surface area contributed by atoms with Gasteiger partial charge in [-0.1, -0.05) is 6.08 Å². The van der Waals surface area contributed by atoms with Crippen molar-refractivity contribution in [3.63, 3.8) is 0 Å². The Labute approximate surface area is 57.4 Å². The van der Waals surface area contributed by atoms with Gasteiger partial charge in [0.2, 0.25) is 0 Å². The van der Waals surface area contributed by atoms with Crippen molar-refractivity contribution in [3.8, 4) is 0 Å². The van der Waals surface area contributed by atoms with E-state index in [4.69, 9.17) is 0 Å². The fourth-order valence-corrected chi connectivity index (χ4v) is 1.28. The Morgan fingerprint density at radius 3 is 2.33 bits per heavy atom. The number of allylic oxidation sites excluding steroid dienone is 1. The summed E-state index contributed by atoms with van der Waals surface area (Å²) in [7, 11) is 0. The molecule has 1 saturated heterocycles. The molecule has 1 rings (SSSR count). The predicted molar refractivity (Wildman–Crippen MR) is 40.2 cm³/mol. The van der Waals surface area contributed by atoms with Gasteiger partial charge < -0.3 is 4.90 Å². The average molecular weight is 125 g/mol. The van der Waals surface area contributed by atoms with Crippen molar-refractivity contribution in [2.24, 2.45) is 0 Å². The maximum atomic E-state index is 2.39. The van der Waals surface area contributed by atoms with Gasteiger partial charge in [-0.05, 0) is 32.4 Å². The first kappa shape index (κ1) is 6.66. The Morgan fingerprint density at radius 2 is 1.78 bits per heavy atom. The third kappa shape index (κ3) is 2.08. The van der Waals surface area contributed by atoms with Crippen molar-refractivity contribution in [2.45, 2.75) is 26.2 Å². The maximum absolute atomic E-state index is 2.39. The summed E-state index contributed by atoms with van der Waals surface area (Å²) >= 11 is 0. The van der Waals surface area contributed by atoms with Crippen LogP contribution >= 0.6 is 0 Å². The van der Waals surface area contributed by atoms with Crippen LogP contribution in [0.25, 0.3) is 0 Å². The highest BCUT2D eigenvalue weighted by Gasteiger charge is 2.03. The zero-order chi connectivity index (χ0) is 6.53. The summed E-state index contributed by atoms with van der Waals surface area (Å²) in [4.78, 5) is 2.39. The molecule has 1 nitrogen and oxygen atoms in total. The molecule has 1 aliphatic heterocycles. The van der Waals surface area contributed by atoms with E-state index in [9.17, 15) is 0 Å². The molecule has 9 heavy (non-hydrogen) atoms. The normalized spacial score (nSPS) is 21.2. The monoisotopic (exact) mass is 125 g/mol. The molecule has 1 heterocycles. The lowest BCUT2D eigenvalue weighted by Gasteiger charge is -2.24. The average Bonchev–Trinajstić information content (AvgIpc) is 1.91. The lowest BCUT2D eigenvalue weighted by molar-refractivity contribution is 0.309. The SMILES string of the molecule is C/C=C/N1CCCCC1. The third-order valence-electron chi connectivity index (χ3n) is 1.75. The number of nitrogens with zero attached hydrogens (tertiary/aromatic N) is 1. The molecule has 0 aliphatic carbocycles. The van der Waals surface area contributed by atoms with Gasteiger partial charge in [0, 0.05) is 13.1 Å². The second-order valence-corrected chi connectivity index (χ2v) is 2.58. The summed E-state index contributed by atoms with van der Waals surface area (Å²) in [6.07, 6.45) is 8.49. The first-order chi connectivity index (χ1) is 4.43. The number of hydrogen-bond donors (Lipinski definition) is 0. The summed E-state index contributed by atoms with van der Waals surface area (Å²) in [6.45, 7) is 4.61. The standard InChI is InChI=1S/C8H15N/c1-2-6-9-7-4-3-5-8-9/h2,6H,3-5,7-8H2,1H3/b6-2+. The van der Waals surface area contributed by atoms with Crippen molar-refractivity contribution in [1.82, 2.24) is 4.90 Å². The Bertz CT molecular complexity index is 90.7. The van der Waals surface area contributed by atoms with Crippen molar-refractivity contribution in [1.29, 1.82) is 0 Å². The molecule has 0 saturated carbocycles. The minimum absolute atomic E-state index is 1.27. The van der Waals surface area contributed by atoms with Crippen molar-refractivity contribution >= 4 is 0 Å². The summed E-state index contributed by atoms with van der Waals surface area (Å²) in [5.41, 5.74) is 0. The summed E-state index contributed by atoms with van der Waals surface area (Å²) in [5, 5.41) is 0. The fraction of sp³-hybridized carbons (Fsp3) is 0.750. The molecule has 0 bridgehead atoms. The zero-order valence-corrected chi connectivity index (χ0v) is 6.14. The van der Waals surface area contributed by atoms with Crippen molar-refractivity contribution < 1.29 is 0 Å². The van der Waals surface area contributed by atoms with Crippen molar-refractivity contribution in [3.05, 3.63) is 12.3 Å². The molecule has 1 aliphatic rings. The first-order valence-corrected chi connectivity index (χ1v) is 3.80. The number of hydrogen-bond acceptors (Lipinski definition) is 1. The van der Waals surface area contributed by atoms with E-state index in [1.54, 1.807) is 0 Å². The molecule has 0 spiro atoms. The van der Waals surface area contributed by atoms with Gasteiger partial charge in [-0.15, -0.1) is 0 Å². The van der Waals surface area contributed by atoms with Gasteiger partial charge in [-0.2, -0.15) is 0 Å². The smallest absolute Gasteiger partial charge is 0.0172 e. The molecule has 0 atom stereocenters. The summed E-state index contributed by atoms with van der Waals surface area (Å²) < 4.78 is 0. The van der Waals surface area contributed by atoms with Crippen LogP contribution in [-0.4, -0.2) is 18.0 Å². The van der Waals surface area contributed by atoms with Crippen LogP contribution in [0.5, 0.6) is 0 Å². The van der Waals surface area contributed by atoms with Gasteiger partial charge in [-0.3, -0.25) is 0 Å². The predicted octanol–water partition coefficient (Wildman–Crippen LogP) is 2.01. The Hall–Kier alpha value is -0.460. The second kappa shape index (κ2) is 3.54. The van der Waals surface area contributed by atoms with E-state index in [0.29, 0.717) is 0 Å². The topological polar surface area (TPSA) is 3.24 Å². The van der Waals surface area contributed by atoms with Gasteiger partial charge in [0.25, 0.3) is 0 Å². The highest BCUT2D eigenvalue weighted by atomic mass is 15.1. The van der Waals surface area contributed by atoms with Gasteiger partial charge in [0.1, 0.15) is 0 Å². The third-order valence-corrected chi connectivity index (χ3v) is 1.75.